The second kappa shape index (κ2) is 4.22. The Bertz CT molecular complexity index is 212. The van der Waals surface area contributed by atoms with Gasteiger partial charge in [0.05, 0.1) is 5.56 Å². The molecule has 0 aliphatic carbocycles. The zero-order chi connectivity index (χ0) is 6.69. The molecular weight excluding hydrogens is 226 g/mol. The second-order valence-corrected chi connectivity index (χ2v) is 1.55. The van der Waals surface area contributed by atoms with E-state index in [0.29, 0.717) is 0 Å². The van der Waals surface area contributed by atoms with Crippen molar-refractivity contribution in [3.8, 4) is 0 Å². The van der Waals surface area contributed by atoms with Crippen LogP contribution in [0.5, 0.6) is 0 Å². The Balaban J connectivity index is 0.000000810. The number of aromatic carboxylic acids is 1. The van der Waals surface area contributed by atoms with Crippen molar-refractivity contribution >= 4 is 5.97 Å². The maximum atomic E-state index is 10.2. The smallest absolute Gasteiger partial charge is 0.337 e. The molecule has 0 unspecified atom stereocenters. The first kappa shape index (κ1) is 9.36. The van der Waals surface area contributed by atoms with E-state index >= 15 is 0 Å². The van der Waals surface area contributed by atoms with Crippen molar-refractivity contribution in [1.82, 2.24) is 4.98 Å². The summed E-state index contributed by atoms with van der Waals surface area (Å²) in [5.41, 5.74) is 0.220. The third kappa shape index (κ3) is 2.31. The van der Waals surface area contributed by atoms with Crippen molar-refractivity contribution in [3.05, 3.63) is 30.1 Å². The minimum atomic E-state index is -0.942. The maximum absolute atomic E-state index is 10.2. The number of aromatic nitrogens is 1. The topological polar surface area (TPSA) is 50.2 Å². The SMILES string of the molecule is O=C(O)c1cccnc1.[Ag]. The predicted octanol–water partition coefficient (Wildman–Crippen LogP) is 0.777. The Hall–Kier alpha value is -0.640. The van der Waals surface area contributed by atoms with Gasteiger partial charge in [0.25, 0.3) is 0 Å². The molecule has 0 saturated heterocycles. The van der Waals surface area contributed by atoms with E-state index in [-0.39, 0.29) is 27.9 Å². The molecule has 0 amide bonds. The third-order valence-corrected chi connectivity index (χ3v) is 0.908. The van der Waals surface area contributed by atoms with E-state index in [9.17, 15) is 4.79 Å². The van der Waals surface area contributed by atoms with Crippen molar-refractivity contribution in [2.45, 2.75) is 0 Å². The molecule has 0 aromatic carbocycles. The average molecular weight is 231 g/mol. The fraction of sp³-hybridized carbons (Fsp3) is 0. The molecule has 0 atom stereocenters. The molecule has 1 aromatic rings. The molecule has 0 fully saturated rings. The van der Waals surface area contributed by atoms with E-state index in [1.54, 1.807) is 6.07 Å². The summed E-state index contributed by atoms with van der Waals surface area (Å²) in [7, 11) is 0. The summed E-state index contributed by atoms with van der Waals surface area (Å²) in [4.78, 5) is 13.8. The summed E-state index contributed by atoms with van der Waals surface area (Å²) in [6.45, 7) is 0. The van der Waals surface area contributed by atoms with Gasteiger partial charge in [0.1, 0.15) is 0 Å². The summed E-state index contributed by atoms with van der Waals surface area (Å²) < 4.78 is 0. The van der Waals surface area contributed by atoms with Crippen molar-refractivity contribution in [3.63, 3.8) is 0 Å². The van der Waals surface area contributed by atoms with E-state index in [1.807, 2.05) is 0 Å². The van der Waals surface area contributed by atoms with Gasteiger partial charge in [-0.1, -0.05) is 0 Å². The van der Waals surface area contributed by atoms with Gasteiger partial charge in [-0.15, -0.1) is 0 Å². The Kier molecular flexibility index (Phi) is 3.95. The van der Waals surface area contributed by atoms with Crippen LogP contribution in [-0.2, 0) is 22.4 Å². The van der Waals surface area contributed by atoms with Crippen LogP contribution in [0.2, 0.25) is 0 Å². The molecule has 1 radical (unpaired) electrons. The third-order valence-electron chi connectivity index (χ3n) is 0.908. The molecule has 0 aliphatic rings. The quantitative estimate of drug-likeness (QED) is 0.726. The molecule has 1 aromatic heterocycles. The zero-order valence-electron chi connectivity index (χ0n) is 4.91. The van der Waals surface area contributed by atoms with Crippen LogP contribution in [0, 0.1) is 0 Å². The van der Waals surface area contributed by atoms with Crippen molar-refractivity contribution in [1.29, 1.82) is 0 Å². The van der Waals surface area contributed by atoms with Crippen LogP contribution >= 0.6 is 0 Å². The van der Waals surface area contributed by atoms with Crippen molar-refractivity contribution < 1.29 is 32.3 Å². The molecule has 1 rings (SSSR count). The summed E-state index contributed by atoms with van der Waals surface area (Å²) in [5, 5.41) is 8.34. The molecule has 3 nitrogen and oxygen atoms in total. The first-order chi connectivity index (χ1) is 4.30. The first-order valence-corrected chi connectivity index (χ1v) is 2.44. The van der Waals surface area contributed by atoms with Gasteiger partial charge in [-0.25, -0.2) is 4.79 Å². The number of hydrogen-bond acceptors (Lipinski definition) is 2. The van der Waals surface area contributed by atoms with Crippen molar-refractivity contribution in [2.75, 3.05) is 0 Å². The monoisotopic (exact) mass is 230 g/mol. The van der Waals surface area contributed by atoms with Gasteiger partial charge in [-0.05, 0) is 12.1 Å². The van der Waals surface area contributed by atoms with Gasteiger partial charge in [-0.2, -0.15) is 0 Å². The molecular formula is C6H5AgNO2. The van der Waals surface area contributed by atoms with Crippen LogP contribution in [0.1, 0.15) is 10.4 Å². The first-order valence-electron chi connectivity index (χ1n) is 2.44. The van der Waals surface area contributed by atoms with Crippen LogP contribution in [0.25, 0.3) is 0 Å². The molecule has 0 spiro atoms. The normalized spacial score (nSPS) is 8.00. The number of pyridine rings is 1. The zero-order valence-corrected chi connectivity index (χ0v) is 6.40. The molecule has 1 N–H and O–H groups in total. The van der Waals surface area contributed by atoms with Crippen LogP contribution < -0.4 is 0 Å². The van der Waals surface area contributed by atoms with Gasteiger partial charge in [0, 0.05) is 34.8 Å². The fourth-order valence-electron chi connectivity index (χ4n) is 0.489. The summed E-state index contributed by atoms with van der Waals surface area (Å²) in [6.07, 6.45) is 2.84. The van der Waals surface area contributed by atoms with Crippen LogP contribution in [-0.4, -0.2) is 16.1 Å². The predicted molar refractivity (Wildman–Crippen MR) is 31.2 cm³/mol. The molecule has 0 bridgehead atoms. The summed E-state index contributed by atoms with van der Waals surface area (Å²) in [5.74, 6) is -0.942. The molecule has 57 valence electrons. The summed E-state index contributed by atoms with van der Waals surface area (Å²) in [6, 6.07) is 3.08. The van der Waals surface area contributed by atoms with Crippen LogP contribution in [0.3, 0.4) is 0 Å². The number of nitrogens with zero attached hydrogens (tertiary/aromatic N) is 1. The molecule has 4 heteroatoms. The largest absolute Gasteiger partial charge is 0.478 e. The van der Waals surface area contributed by atoms with E-state index < -0.39 is 5.97 Å². The average Bonchev–Trinajstić information content (AvgIpc) is 1.90. The Morgan fingerprint density at radius 2 is 2.30 bits per heavy atom. The van der Waals surface area contributed by atoms with E-state index in [4.69, 9.17) is 5.11 Å². The van der Waals surface area contributed by atoms with Gasteiger partial charge in [-0.3, -0.25) is 4.98 Å². The van der Waals surface area contributed by atoms with E-state index in [1.165, 1.54) is 18.5 Å². The molecule has 1 heterocycles. The van der Waals surface area contributed by atoms with Crippen LogP contribution in [0.4, 0.5) is 0 Å². The van der Waals surface area contributed by atoms with E-state index in [2.05, 4.69) is 4.98 Å². The number of carboxylic acids is 1. The van der Waals surface area contributed by atoms with Crippen molar-refractivity contribution in [2.24, 2.45) is 0 Å². The Morgan fingerprint density at radius 3 is 2.60 bits per heavy atom. The Morgan fingerprint density at radius 1 is 1.60 bits per heavy atom. The van der Waals surface area contributed by atoms with Gasteiger partial charge in [0.2, 0.25) is 0 Å². The fourth-order valence-corrected chi connectivity index (χ4v) is 0.489. The standard InChI is InChI=1S/C6H5NO2.Ag/c8-6(9)5-2-1-3-7-4-5;/h1-4H,(H,8,9);. The summed E-state index contributed by atoms with van der Waals surface area (Å²) >= 11 is 0. The second-order valence-electron chi connectivity index (χ2n) is 1.55. The molecule has 10 heavy (non-hydrogen) atoms. The van der Waals surface area contributed by atoms with Crippen LogP contribution in [0.15, 0.2) is 24.5 Å². The van der Waals surface area contributed by atoms with Gasteiger partial charge in [0.15, 0.2) is 0 Å². The number of carbonyl (C=O) groups is 1. The minimum absolute atomic E-state index is 0. The minimum Gasteiger partial charge on any atom is -0.478 e. The van der Waals surface area contributed by atoms with Gasteiger partial charge < -0.3 is 5.11 Å². The van der Waals surface area contributed by atoms with E-state index in [0.717, 1.165) is 0 Å². The number of rotatable bonds is 1. The number of carboxylic acid groups (broad SMARTS) is 1. The number of hydrogen-bond donors (Lipinski definition) is 1. The van der Waals surface area contributed by atoms with Gasteiger partial charge >= 0.3 is 5.97 Å². The Labute approximate surface area is 73.6 Å². The molecule has 0 aliphatic heterocycles. The maximum Gasteiger partial charge on any atom is 0.337 e. The molecule has 0 saturated carbocycles.